The van der Waals surface area contributed by atoms with E-state index >= 15 is 0 Å². The number of anilines is 1. The molecule has 1 aliphatic carbocycles. The summed E-state index contributed by atoms with van der Waals surface area (Å²) in [5.41, 5.74) is 7.16. The minimum atomic E-state index is -0.131. The summed E-state index contributed by atoms with van der Waals surface area (Å²) in [5, 5.41) is 7.93. The number of nitrogens with one attached hydrogen (secondary N) is 1. The summed E-state index contributed by atoms with van der Waals surface area (Å²) in [6.45, 7) is 0. The van der Waals surface area contributed by atoms with Crippen molar-refractivity contribution < 1.29 is 0 Å². The third kappa shape index (κ3) is 2.64. The predicted molar refractivity (Wildman–Crippen MR) is 76.5 cm³/mol. The first kappa shape index (κ1) is 12.6. The van der Waals surface area contributed by atoms with E-state index in [-0.39, 0.29) is 5.69 Å². The van der Waals surface area contributed by atoms with E-state index < -0.39 is 0 Å². The lowest BCUT2D eigenvalue weighted by Gasteiger charge is -2.06. The van der Waals surface area contributed by atoms with Gasteiger partial charge in [0.1, 0.15) is 0 Å². The summed E-state index contributed by atoms with van der Waals surface area (Å²) in [7, 11) is 0. The van der Waals surface area contributed by atoms with Crippen LogP contribution in [-0.2, 0) is 5.75 Å². The first-order chi connectivity index (χ1) is 9.15. The largest absolute Gasteiger partial charge is 0.399 e. The van der Waals surface area contributed by atoms with Gasteiger partial charge >= 0.3 is 5.69 Å². The number of hydrogen-bond donors (Lipinski definition) is 2. The van der Waals surface area contributed by atoms with Crippen LogP contribution in [0.4, 0.5) is 5.69 Å². The van der Waals surface area contributed by atoms with Crippen molar-refractivity contribution in [1.82, 2.24) is 14.8 Å². The van der Waals surface area contributed by atoms with Gasteiger partial charge in [-0.25, -0.2) is 9.89 Å². The summed E-state index contributed by atoms with van der Waals surface area (Å²) in [4.78, 5) is 11.6. The van der Waals surface area contributed by atoms with E-state index in [1.54, 1.807) is 10.6 Å². The number of rotatable bonds is 4. The SMILES string of the molecule is Nc1ccc(CSc2n[nH]c(=O)n2C2CC2)c(Cl)c1. The number of thioether (sulfide) groups is 1. The van der Waals surface area contributed by atoms with Gasteiger partial charge in [0.05, 0.1) is 0 Å². The molecule has 0 spiro atoms. The zero-order valence-electron chi connectivity index (χ0n) is 10.1. The molecular weight excluding hydrogens is 284 g/mol. The van der Waals surface area contributed by atoms with Crippen LogP contribution in [0, 0.1) is 0 Å². The quantitative estimate of drug-likeness (QED) is 0.671. The molecule has 0 bridgehead atoms. The summed E-state index contributed by atoms with van der Waals surface area (Å²) in [6.07, 6.45) is 2.10. The first-order valence-corrected chi connectivity index (χ1v) is 7.35. The van der Waals surface area contributed by atoms with E-state index in [9.17, 15) is 4.79 Å². The Bertz CT molecular complexity index is 662. The molecule has 7 heteroatoms. The van der Waals surface area contributed by atoms with Crippen LogP contribution in [0.3, 0.4) is 0 Å². The van der Waals surface area contributed by atoms with Crippen LogP contribution in [0.5, 0.6) is 0 Å². The smallest absolute Gasteiger partial charge is 0.344 e. The molecule has 1 heterocycles. The Morgan fingerprint density at radius 1 is 1.53 bits per heavy atom. The second-order valence-electron chi connectivity index (χ2n) is 4.55. The molecule has 1 aromatic carbocycles. The standard InChI is InChI=1S/C12H13ClN4OS/c13-10-5-8(14)2-1-7(10)6-19-12-16-15-11(18)17(12)9-3-4-9/h1-2,5,9H,3-4,6,14H2,(H,15,18). The molecule has 1 aromatic heterocycles. The zero-order valence-corrected chi connectivity index (χ0v) is 11.7. The Balaban J connectivity index is 1.77. The molecule has 100 valence electrons. The topological polar surface area (TPSA) is 76.7 Å². The number of nitrogens with zero attached hydrogens (tertiary/aromatic N) is 2. The number of nitrogens with two attached hydrogens (primary N) is 1. The summed E-state index contributed by atoms with van der Waals surface area (Å²) in [6, 6.07) is 5.77. The fourth-order valence-corrected chi connectivity index (χ4v) is 3.22. The third-order valence-electron chi connectivity index (χ3n) is 3.02. The second-order valence-corrected chi connectivity index (χ2v) is 5.90. The van der Waals surface area contributed by atoms with Gasteiger partial charge in [-0.15, -0.1) is 5.10 Å². The van der Waals surface area contributed by atoms with Crippen molar-refractivity contribution in [1.29, 1.82) is 0 Å². The Morgan fingerprint density at radius 2 is 2.32 bits per heavy atom. The van der Waals surface area contributed by atoms with Gasteiger partial charge in [-0.2, -0.15) is 0 Å². The number of benzene rings is 1. The number of aromatic nitrogens is 3. The molecule has 2 aromatic rings. The van der Waals surface area contributed by atoms with Crippen molar-refractivity contribution in [2.24, 2.45) is 0 Å². The third-order valence-corrected chi connectivity index (χ3v) is 4.37. The van der Waals surface area contributed by atoms with Gasteiger partial charge in [-0.3, -0.25) is 4.57 Å². The van der Waals surface area contributed by atoms with Crippen LogP contribution in [0.1, 0.15) is 24.4 Å². The maximum atomic E-state index is 11.6. The molecule has 19 heavy (non-hydrogen) atoms. The van der Waals surface area contributed by atoms with E-state index in [0.717, 1.165) is 23.6 Å². The molecule has 0 amide bonds. The molecule has 3 rings (SSSR count). The van der Waals surface area contributed by atoms with Crippen LogP contribution >= 0.6 is 23.4 Å². The first-order valence-electron chi connectivity index (χ1n) is 5.99. The Morgan fingerprint density at radius 3 is 3.00 bits per heavy atom. The molecule has 1 saturated carbocycles. The maximum Gasteiger partial charge on any atom is 0.344 e. The number of H-pyrrole nitrogens is 1. The highest BCUT2D eigenvalue weighted by molar-refractivity contribution is 7.98. The summed E-state index contributed by atoms with van der Waals surface area (Å²) >= 11 is 7.63. The van der Waals surface area contributed by atoms with Crippen molar-refractivity contribution in [2.45, 2.75) is 29.8 Å². The fraction of sp³-hybridized carbons (Fsp3) is 0.333. The van der Waals surface area contributed by atoms with Gasteiger partial charge in [-0.1, -0.05) is 29.4 Å². The molecular formula is C12H13ClN4OS. The van der Waals surface area contributed by atoms with Gasteiger partial charge < -0.3 is 5.73 Å². The molecule has 0 unspecified atom stereocenters. The average molecular weight is 297 g/mol. The van der Waals surface area contributed by atoms with Gasteiger partial charge in [0.15, 0.2) is 5.16 Å². The lowest BCUT2D eigenvalue weighted by molar-refractivity contribution is 0.642. The number of nitrogen functional groups attached to an aromatic ring is 1. The Kier molecular flexibility index (Phi) is 3.28. The average Bonchev–Trinajstić information content (AvgIpc) is 3.13. The normalized spacial score (nSPS) is 14.8. The van der Waals surface area contributed by atoms with Crippen molar-refractivity contribution in [3.05, 3.63) is 39.3 Å². The van der Waals surface area contributed by atoms with Crippen LogP contribution in [0.2, 0.25) is 5.02 Å². The molecule has 0 aliphatic heterocycles. The number of halogens is 1. The van der Waals surface area contributed by atoms with Crippen molar-refractivity contribution in [2.75, 3.05) is 5.73 Å². The molecule has 0 atom stereocenters. The van der Waals surface area contributed by atoms with E-state index in [4.69, 9.17) is 17.3 Å². The van der Waals surface area contributed by atoms with E-state index in [2.05, 4.69) is 10.2 Å². The lowest BCUT2D eigenvalue weighted by atomic mass is 10.2. The number of aromatic amines is 1. The molecule has 0 radical (unpaired) electrons. The van der Waals surface area contributed by atoms with E-state index in [0.29, 0.717) is 22.5 Å². The van der Waals surface area contributed by atoms with Crippen LogP contribution in [-0.4, -0.2) is 14.8 Å². The van der Waals surface area contributed by atoms with Gasteiger partial charge in [0.25, 0.3) is 0 Å². The fourth-order valence-electron chi connectivity index (χ4n) is 1.87. The van der Waals surface area contributed by atoms with Crippen molar-refractivity contribution >= 4 is 29.1 Å². The Hall–Kier alpha value is -1.40. The van der Waals surface area contributed by atoms with Crippen LogP contribution in [0.15, 0.2) is 28.2 Å². The Labute approximate surface area is 119 Å². The van der Waals surface area contributed by atoms with Crippen molar-refractivity contribution in [3.8, 4) is 0 Å². The highest BCUT2D eigenvalue weighted by atomic mass is 35.5. The maximum absolute atomic E-state index is 11.6. The monoisotopic (exact) mass is 296 g/mol. The van der Waals surface area contributed by atoms with E-state index in [1.807, 2.05) is 12.1 Å². The second kappa shape index (κ2) is 4.94. The highest BCUT2D eigenvalue weighted by Crippen LogP contribution is 2.37. The predicted octanol–water partition coefficient (Wildman–Crippen LogP) is 2.43. The highest BCUT2D eigenvalue weighted by Gasteiger charge is 2.28. The van der Waals surface area contributed by atoms with Gasteiger partial charge in [0.2, 0.25) is 0 Å². The van der Waals surface area contributed by atoms with Gasteiger partial charge in [0, 0.05) is 22.5 Å². The lowest BCUT2D eigenvalue weighted by Crippen LogP contribution is -2.16. The molecule has 1 aliphatic rings. The molecule has 1 fully saturated rings. The minimum Gasteiger partial charge on any atom is -0.399 e. The van der Waals surface area contributed by atoms with Crippen LogP contribution in [0.25, 0.3) is 0 Å². The summed E-state index contributed by atoms with van der Waals surface area (Å²) in [5.74, 6) is 0.663. The minimum absolute atomic E-state index is 0.131. The molecule has 0 saturated heterocycles. The zero-order chi connectivity index (χ0) is 13.4. The van der Waals surface area contributed by atoms with Gasteiger partial charge in [-0.05, 0) is 30.5 Å². The number of hydrogen-bond acceptors (Lipinski definition) is 4. The van der Waals surface area contributed by atoms with E-state index in [1.165, 1.54) is 11.8 Å². The molecule has 3 N–H and O–H groups in total. The summed E-state index contributed by atoms with van der Waals surface area (Å²) < 4.78 is 1.73. The van der Waals surface area contributed by atoms with Crippen LogP contribution < -0.4 is 11.4 Å². The van der Waals surface area contributed by atoms with Crippen molar-refractivity contribution in [3.63, 3.8) is 0 Å². The molecule has 5 nitrogen and oxygen atoms in total.